The zero-order valence-corrected chi connectivity index (χ0v) is 13.1. The van der Waals surface area contributed by atoms with E-state index in [1.807, 2.05) is 29.9 Å². The van der Waals surface area contributed by atoms with Crippen molar-refractivity contribution in [2.45, 2.75) is 25.8 Å². The summed E-state index contributed by atoms with van der Waals surface area (Å²) in [6.07, 6.45) is 1.60. The summed E-state index contributed by atoms with van der Waals surface area (Å²) in [7, 11) is 5.23. The minimum Gasteiger partial charge on any atom is -0.496 e. The van der Waals surface area contributed by atoms with Gasteiger partial charge in [-0.1, -0.05) is 13.0 Å². The molecule has 0 aliphatic carbocycles. The Morgan fingerprint density at radius 2 is 1.86 bits per heavy atom. The van der Waals surface area contributed by atoms with Crippen molar-refractivity contribution in [3.8, 4) is 11.5 Å². The Morgan fingerprint density at radius 3 is 2.33 bits per heavy atom. The highest BCUT2D eigenvalue weighted by Crippen LogP contribution is 2.34. The molecule has 0 radical (unpaired) electrons. The second-order valence-corrected chi connectivity index (χ2v) is 4.99. The number of rotatable bonds is 6. The molecular formula is C16H23N3O2. The van der Waals surface area contributed by atoms with Gasteiger partial charge in [0.25, 0.3) is 0 Å². The maximum Gasteiger partial charge on any atom is 0.127 e. The standard InChI is InChI=1S/C16H23N3O2/c1-5-11-9-12(19(2)18-11)10-13(17)16-14(20-3)7-6-8-15(16)21-4/h6-9,13H,5,10,17H2,1-4H3. The maximum absolute atomic E-state index is 6.40. The number of ether oxygens (including phenoxy) is 2. The van der Waals surface area contributed by atoms with Gasteiger partial charge in [-0.3, -0.25) is 4.68 Å². The number of hydrogen-bond donors (Lipinski definition) is 1. The molecule has 1 unspecified atom stereocenters. The van der Waals surface area contributed by atoms with Gasteiger partial charge in [0.15, 0.2) is 0 Å². The van der Waals surface area contributed by atoms with Gasteiger partial charge < -0.3 is 15.2 Å². The monoisotopic (exact) mass is 289 g/mol. The third-order valence-corrected chi connectivity index (χ3v) is 3.66. The molecule has 0 aliphatic heterocycles. The number of aryl methyl sites for hydroxylation is 2. The quantitative estimate of drug-likeness (QED) is 0.886. The number of methoxy groups -OCH3 is 2. The van der Waals surface area contributed by atoms with Crippen LogP contribution in [0.1, 0.15) is 29.9 Å². The highest BCUT2D eigenvalue weighted by atomic mass is 16.5. The van der Waals surface area contributed by atoms with Crippen molar-refractivity contribution in [2.24, 2.45) is 12.8 Å². The highest BCUT2D eigenvalue weighted by Gasteiger charge is 2.19. The summed E-state index contributed by atoms with van der Waals surface area (Å²) in [6.45, 7) is 2.09. The minimum atomic E-state index is -0.212. The van der Waals surface area contributed by atoms with Crippen molar-refractivity contribution in [3.63, 3.8) is 0 Å². The first-order valence-corrected chi connectivity index (χ1v) is 7.09. The summed E-state index contributed by atoms with van der Waals surface area (Å²) in [5, 5.41) is 4.46. The molecule has 0 amide bonds. The molecule has 1 heterocycles. The summed E-state index contributed by atoms with van der Waals surface area (Å²) in [4.78, 5) is 0. The Labute approximate surface area is 125 Å². The average molecular weight is 289 g/mol. The highest BCUT2D eigenvalue weighted by molar-refractivity contribution is 5.47. The second kappa shape index (κ2) is 6.63. The van der Waals surface area contributed by atoms with Crippen LogP contribution in [0.3, 0.4) is 0 Å². The first-order valence-electron chi connectivity index (χ1n) is 7.09. The SMILES string of the molecule is CCc1cc(CC(N)c2c(OC)cccc2OC)n(C)n1. The predicted octanol–water partition coefficient (Wildman–Crippen LogP) is 2.24. The van der Waals surface area contributed by atoms with Crippen molar-refractivity contribution >= 4 is 0 Å². The van der Waals surface area contributed by atoms with Crippen LogP contribution in [0.25, 0.3) is 0 Å². The zero-order chi connectivity index (χ0) is 15.4. The molecule has 0 saturated heterocycles. The number of benzene rings is 1. The van der Waals surface area contributed by atoms with E-state index in [9.17, 15) is 0 Å². The molecule has 21 heavy (non-hydrogen) atoms. The lowest BCUT2D eigenvalue weighted by molar-refractivity contribution is 0.378. The van der Waals surface area contributed by atoms with E-state index in [1.54, 1.807) is 14.2 Å². The van der Waals surface area contributed by atoms with Crippen LogP contribution in [0.15, 0.2) is 24.3 Å². The van der Waals surface area contributed by atoms with Gasteiger partial charge in [-0.2, -0.15) is 5.10 Å². The van der Waals surface area contributed by atoms with Gasteiger partial charge in [0.2, 0.25) is 0 Å². The fraction of sp³-hybridized carbons (Fsp3) is 0.438. The van der Waals surface area contributed by atoms with Crippen LogP contribution < -0.4 is 15.2 Å². The van der Waals surface area contributed by atoms with E-state index in [1.165, 1.54) is 0 Å². The van der Waals surface area contributed by atoms with Crippen LogP contribution >= 0.6 is 0 Å². The third-order valence-electron chi connectivity index (χ3n) is 3.66. The lowest BCUT2D eigenvalue weighted by Gasteiger charge is -2.18. The topological polar surface area (TPSA) is 62.3 Å². The van der Waals surface area contributed by atoms with E-state index >= 15 is 0 Å². The lowest BCUT2D eigenvalue weighted by atomic mass is 10.0. The summed E-state index contributed by atoms with van der Waals surface area (Å²) < 4.78 is 12.7. The van der Waals surface area contributed by atoms with Gasteiger partial charge in [-0.05, 0) is 24.6 Å². The van der Waals surface area contributed by atoms with Crippen molar-refractivity contribution in [2.75, 3.05) is 14.2 Å². The Hall–Kier alpha value is -2.01. The van der Waals surface area contributed by atoms with Gasteiger partial charge >= 0.3 is 0 Å². The molecule has 1 atom stereocenters. The summed E-state index contributed by atoms with van der Waals surface area (Å²) >= 11 is 0. The Kier molecular flexibility index (Phi) is 4.85. The van der Waals surface area contributed by atoms with Crippen molar-refractivity contribution in [1.29, 1.82) is 0 Å². The van der Waals surface area contributed by atoms with E-state index < -0.39 is 0 Å². The van der Waals surface area contributed by atoms with Crippen LogP contribution in [0.2, 0.25) is 0 Å². The molecule has 2 rings (SSSR count). The second-order valence-electron chi connectivity index (χ2n) is 4.99. The van der Waals surface area contributed by atoms with E-state index in [0.717, 1.165) is 34.9 Å². The van der Waals surface area contributed by atoms with E-state index in [2.05, 4.69) is 18.1 Å². The smallest absolute Gasteiger partial charge is 0.127 e. The summed E-state index contributed by atoms with van der Waals surface area (Å²) in [6, 6.07) is 7.59. The number of hydrogen-bond acceptors (Lipinski definition) is 4. The first kappa shape index (κ1) is 15.4. The first-order chi connectivity index (χ1) is 10.1. The molecule has 0 aliphatic rings. The molecule has 114 valence electrons. The minimum absolute atomic E-state index is 0.212. The number of nitrogens with zero attached hydrogens (tertiary/aromatic N) is 2. The Bertz CT molecular complexity index is 585. The molecule has 1 aromatic heterocycles. The van der Waals surface area contributed by atoms with Gasteiger partial charge in [0.1, 0.15) is 11.5 Å². The number of aromatic nitrogens is 2. The fourth-order valence-corrected chi connectivity index (χ4v) is 2.51. The van der Waals surface area contributed by atoms with Gasteiger partial charge in [-0.25, -0.2) is 0 Å². The molecule has 0 bridgehead atoms. The molecule has 0 fully saturated rings. The largest absolute Gasteiger partial charge is 0.496 e. The maximum atomic E-state index is 6.40. The van der Waals surface area contributed by atoms with Gasteiger partial charge in [-0.15, -0.1) is 0 Å². The van der Waals surface area contributed by atoms with Gasteiger partial charge in [0, 0.05) is 25.2 Å². The zero-order valence-electron chi connectivity index (χ0n) is 13.1. The van der Waals surface area contributed by atoms with E-state index in [0.29, 0.717) is 6.42 Å². The van der Waals surface area contributed by atoms with Crippen molar-refractivity contribution in [3.05, 3.63) is 41.2 Å². The molecule has 5 nitrogen and oxygen atoms in total. The van der Waals surface area contributed by atoms with Crippen molar-refractivity contribution < 1.29 is 9.47 Å². The Balaban J connectivity index is 2.31. The molecular weight excluding hydrogens is 266 g/mol. The number of nitrogens with two attached hydrogens (primary N) is 1. The fourth-order valence-electron chi connectivity index (χ4n) is 2.51. The van der Waals surface area contributed by atoms with Crippen LogP contribution in [-0.4, -0.2) is 24.0 Å². The van der Waals surface area contributed by atoms with Crippen LogP contribution in [0, 0.1) is 0 Å². The molecule has 0 saturated carbocycles. The van der Waals surface area contributed by atoms with E-state index in [4.69, 9.17) is 15.2 Å². The summed E-state index contributed by atoms with van der Waals surface area (Å²) in [5.41, 5.74) is 9.47. The Morgan fingerprint density at radius 1 is 1.24 bits per heavy atom. The predicted molar refractivity (Wildman–Crippen MR) is 82.8 cm³/mol. The normalized spacial score (nSPS) is 12.2. The lowest BCUT2D eigenvalue weighted by Crippen LogP contribution is -2.17. The molecule has 0 spiro atoms. The molecule has 2 aromatic rings. The average Bonchev–Trinajstić information content (AvgIpc) is 2.86. The van der Waals surface area contributed by atoms with Crippen LogP contribution in [0.4, 0.5) is 0 Å². The molecule has 5 heteroatoms. The van der Waals surface area contributed by atoms with Crippen LogP contribution in [0.5, 0.6) is 11.5 Å². The molecule has 1 aromatic carbocycles. The van der Waals surface area contributed by atoms with Crippen molar-refractivity contribution in [1.82, 2.24) is 9.78 Å². The van der Waals surface area contributed by atoms with Crippen LogP contribution in [-0.2, 0) is 19.9 Å². The summed E-state index contributed by atoms with van der Waals surface area (Å²) in [5.74, 6) is 1.50. The van der Waals surface area contributed by atoms with E-state index in [-0.39, 0.29) is 6.04 Å². The third kappa shape index (κ3) is 3.19. The van der Waals surface area contributed by atoms with Gasteiger partial charge in [0.05, 0.1) is 25.5 Å². The molecule has 2 N–H and O–H groups in total.